The summed E-state index contributed by atoms with van der Waals surface area (Å²) in [7, 11) is 1.44. The van der Waals surface area contributed by atoms with Crippen LogP contribution in [0.4, 0.5) is 0 Å². The van der Waals surface area contributed by atoms with Gasteiger partial charge in [0.15, 0.2) is 0 Å². The first-order chi connectivity index (χ1) is 19.6. The number of allylic oxidation sites excluding steroid dienone is 1. The number of ether oxygens (including phenoxy) is 2. The number of hydrogen-bond acceptors (Lipinski definition) is 4. The monoisotopic (exact) mass is 585 g/mol. The average Bonchev–Trinajstić information content (AvgIpc) is 3.34. The average molecular weight is 586 g/mol. The Labute approximate surface area is 261 Å². The summed E-state index contributed by atoms with van der Waals surface area (Å²) < 4.78 is 12.0. The third-order valence-corrected chi connectivity index (χ3v) is 9.15. The van der Waals surface area contributed by atoms with E-state index < -0.39 is 5.41 Å². The van der Waals surface area contributed by atoms with Crippen LogP contribution in [0.1, 0.15) is 135 Å². The van der Waals surface area contributed by atoms with Gasteiger partial charge >= 0.3 is 5.97 Å². The fraction of sp³-hybridized carbons (Fsp3) is 0.590. The van der Waals surface area contributed by atoms with Gasteiger partial charge in [-0.1, -0.05) is 119 Å². The van der Waals surface area contributed by atoms with Crippen molar-refractivity contribution in [2.24, 2.45) is 10.8 Å². The van der Waals surface area contributed by atoms with Crippen LogP contribution in [0.5, 0.6) is 5.75 Å². The highest BCUT2D eigenvalue weighted by molar-refractivity contribution is 5.90. The summed E-state index contributed by atoms with van der Waals surface area (Å²) in [5.74, 6) is 0.578. The van der Waals surface area contributed by atoms with Crippen molar-refractivity contribution in [3.63, 3.8) is 0 Å². The third kappa shape index (κ3) is 6.72. The lowest BCUT2D eigenvalue weighted by molar-refractivity contribution is -0.136. The molecule has 43 heavy (non-hydrogen) atoms. The second kappa shape index (κ2) is 11.8. The van der Waals surface area contributed by atoms with Gasteiger partial charge in [0, 0.05) is 22.6 Å². The number of carbonyl (C=O) groups excluding carboxylic acids is 1. The molecule has 3 rings (SSSR count). The van der Waals surface area contributed by atoms with Gasteiger partial charge in [-0.25, -0.2) is 4.79 Å². The van der Waals surface area contributed by atoms with E-state index in [0.29, 0.717) is 6.61 Å². The molecule has 2 aromatic carbocycles. The first-order valence-corrected chi connectivity index (χ1v) is 15.7. The molecule has 1 aliphatic carbocycles. The van der Waals surface area contributed by atoms with E-state index in [0.717, 1.165) is 52.0 Å². The van der Waals surface area contributed by atoms with Crippen LogP contribution >= 0.6 is 0 Å². The summed E-state index contributed by atoms with van der Waals surface area (Å²) in [6.07, 6.45) is 3.76. The highest BCUT2D eigenvalue weighted by atomic mass is 16.5. The van der Waals surface area contributed by atoms with Gasteiger partial charge in [0.1, 0.15) is 12.4 Å². The number of benzene rings is 2. The SMILES string of the molecule is COC(=O)C1=CCCC1c1cc(C)cc(COc2c(C(C)(C)C)cc(C(C)(C)C)cc2C(C#N)(C(C)(C)C)C(C)(C)C)c1. The van der Waals surface area contributed by atoms with E-state index in [1.54, 1.807) is 0 Å². The molecule has 0 aromatic heterocycles. The van der Waals surface area contributed by atoms with E-state index in [1.165, 1.54) is 12.7 Å². The molecule has 4 heteroatoms. The predicted octanol–water partition coefficient (Wildman–Crippen LogP) is 10.00. The number of nitrogens with zero attached hydrogens (tertiary/aromatic N) is 1. The molecule has 0 aliphatic heterocycles. The first-order valence-electron chi connectivity index (χ1n) is 15.7. The molecule has 0 saturated carbocycles. The maximum atomic E-state index is 12.5. The van der Waals surface area contributed by atoms with Crippen LogP contribution in [0, 0.1) is 29.1 Å². The Hall–Kier alpha value is -3.06. The van der Waals surface area contributed by atoms with Gasteiger partial charge in [0.25, 0.3) is 0 Å². The first kappa shape index (κ1) is 34.4. The largest absolute Gasteiger partial charge is 0.488 e. The minimum Gasteiger partial charge on any atom is -0.488 e. The molecular weight excluding hydrogens is 530 g/mol. The van der Waals surface area contributed by atoms with Crippen molar-refractivity contribution < 1.29 is 14.3 Å². The minimum atomic E-state index is -0.835. The number of hydrogen-bond donors (Lipinski definition) is 0. The second-order valence-electron chi connectivity index (χ2n) is 16.6. The maximum Gasteiger partial charge on any atom is 0.334 e. The summed E-state index contributed by atoms with van der Waals surface area (Å²) in [5.41, 5.74) is 5.40. The van der Waals surface area contributed by atoms with Crippen molar-refractivity contribution in [1.29, 1.82) is 5.26 Å². The zero-order valence-electron chi connectivity index (χ0n) is 29.3. The summed E-state index contributed by atoms with van der Waals surface area (Å²) in [6, 6.07) is 13.9. The molecule has 0 saturated heterocycles. The molecule has 0 heterocycles. The molecule has 0 fully saturated rings. The number of nitriles is 1. The van der Waals surface area contributed by atoms with E-state index >= 15 is 0 Å². The van der Waals surface area contributed by atoms with Crippen LogP contribution in [0.25, 0.3) is 0 Å². The Bertz CT molecular complexity index is 1410. The van der Waals surface area contributed by atoms with Crippen molar-refractivity contribution in [2.45, 2.75) is 132 Å². The van der Waals surface area contributed by atoms with Gasteiger partial charge in [-0.15, -0.1) is 0 Å². The normalized spacial score (nSPS) is 16.5. The van der Waals surface area contributed by atoms with Gasteiger partial charge in [-0.05, 0) is 64.2 Å². The van der Waals surface area contributed by atoms with Crippen molar-refractivity contribution in [2.75, 3.05) is 7.11 Å². The number of carbonyl (C=O) groups is 1. The number of aryl methyl sites for hydroxylation is 1. The van der Waals surface area contributed by atoms with Gasteiger partial charge in [0.05, 0.1) is 18.6 Å². The third-order valence-electron chi connectivity index (χ3n) is 9.15. The Morgan fingerprint density at radius 1 is 0.860 bits per heavy atom. The van der Waals surface area contributed by atoms with Crippen molar-refractivity contribution in [3.8, 4) is 11.8 Å². The molecule has 1 atom stereocenters. The molecule has 234 valence electrons. The van der Waals surface area contributed by atoms with E-state index in [4.69, 9.17) is 9.47 Å². The van der Waals surface area contributed by atoms with Crippen LogP contribution in [0.3, 0.4) is 0 Å². The molecular formula is C39H55NO3. The van der Waals surface area contributed by atoms with Crippen LogP contribution in [0.2, 0.25) is 0 Å². The zero-order chi connectivity index (χ0) is 32.8. The molecule has 2 aromatic rings. The van der Waals surface area contributed by atoms with Crippen LogP contribution in [-0.2, 0) is 32.4 Å². The van der Waals surface area contributed by atoms with Gasteiger partial charge in [-0.3, -0.25) is 0 Å². The highest BCUT2D eigenvalue weighted by Gasteiger charge is 2.55. The van der Waals surface area contributed by atoms with Gasteiger partial charge in [-0.2, -0.15) is 5.26 Å². The standard InChI is InChI=1S/C39H55NO3/c1-25-18-26(20-27(19-25)29-16-15-17-30(29)34(41)42-14)23-43-33-31(36(5,6)7)21-28(35(2,3)4)22-32(33)39(24-40,37(8,9)10)38(11,12)13/h17-22,29H,15-16,23H2,1-14H3. The summed E-state index contributed by atoms with van der Waals surface area (Å²) in [5, 5.41) is 11.1. The lowest BCUT2D eigenvalue weighted by Crippen LogP contribution is -2.49. The number of rotatable bonds is 6. The molecule has 0 spiro atoms. The van der Waals surface area contributed by atoms with E-state index in [9.17, 15) is 10.1 Å². The van der Waals surface area contributed by atoms with Crippen molar-refractivity contribution in [1.82, 2.24) is 0 Å². The Balaban J connectivity index is 2.27. The topological polar surface area (TPSA) is 59.3 Å². The highest BCUT2D eigenvalue weighted by Crippen LogP contribution is 2.57. The Kier molecular flexibility index (Phi) is 9.44. The maximum absolute atomic E-state index is 12.5. The molecule has 1 unspecified atom stereocenters. The second-order valence-corrected chi connectivity index (χ2v) is 16.6. The molecule has 1 aliphatic rings. The predicted molar refractivity (Wildman–Crippen MR) is 178 cm³/mol. The molecule has 0 bridgehead atoms. The van der Waals surface area contributed by atoms with Crippen LogP contribution in [0.15, 0.2) is 42.0 Å². The molecule has 0 N–H and O–H groups in total. The van der Waals surface area contributed by atoms with E-state index in [1.807, 2.05) is 6.08 Å². The fourth-order valence-electron chi connectivity index (χ4n) is 7.11. The van der Waals surface area contributed by atoms with Crippen LogP contribution < -0.4 is 4.74 Å². The summed E-state index contributed by atoms with van der Waals surface area (Å²) in [4.78, 5) is 12.5. The minimum absolute atomic E-state index is 0.0193. The van der Waals surface area contributed by atoms with Gasteiger partial charge in [0.2, 0.25) is 0 Å². The smallest absolute Gasteiger partial charge is 0.334 e. The fourth-order valence-corrected chi connectivity index (χ4v) is 7.11. The van der Waals surface area contributed by atoms with E-state index in [2.05, 4.69) is 126 Å². The lowest BCUT2D eigenvalue weighted by Gasteiger charge is -2.50. The molecule has 4 nitrogen and oxygen atoms in total. The lowest BCUT2D eigenvalue weighted by atomic mass is 9.51. The molecule has 0 amide bonds. The van der Waals surface area contributed by atoms with E-state index in [-0.39, 0.29) is 33.5 Å². The summed E-state index contributed by atoms with van der Waals surface area (Å²) >= 11 is 0. The zero-order valence-corrected chi connectivity index (χ0v) is 29.3. The molecule has 0 radical (unpaired) electrons. The Morgan fingerprint density at radius 2 is 1.44 bits per heavy atom. The van der Waals surface area contributed by atoms with Crippen molar-refractivity contribution >= 4 is 5.97 Å². The summed E-state index contributed by atoms with van der Waals surface area (Å²) in [6.45, 7) is 28.9. The quantitative estimate of drug-likeness (QED) is 0.317. The van der Waals surface area contributed by atoms with Crippen molar-refractivity contribution in [3.05, 3.63) is 75.4 Å². The number of esters is 1. The van der Waals surface area contributed by atoms with Gasteiger partial charge < -0.3 is 9.47 Å². The number of methoxy groups -OCH3 is 1. The van der Waals surface area contributed by atoms with Crippen LogP contribution in [-0.4, -0.2) is 13.1 Å². The Morgan fingerprint density at radius 3 is 1.93 bits per heavy atom.